The minimum atomic E-state index is 0.175. The van der Waals surface area contributed by atoms with Crippen molar-refractivity contribution < 1.29 is 0 Å². The van der Waals surface area contributed by atoms with Gasteiger partial charge in [-0.1, -0.05) is 30.3 Å². The van der Waals surface area contributed by atoms with Gasteiger partial charge in [0.2, 0.25) is 0 Å². The quantitative estimate of drug-likeness (QED) is 0.599. The third-order valence-corrected chi connectivity index (χ3v) is 5.28. The van der Waals surface area contributed by atoms with Crippen molar-refractivity contribution in [3.8, 4) is 11.1 Å². The molecular formula is C17H21N3S. The van der Waals surface area contributed by atoms with E-state index in [0.29, 0.717) is 0 Å². The Labute approximate surface area is 129 Å². The van der Waals surface area contributed by atoms with Gasteiger partial charge in [0.1, 0.15) is 5.84 Å². The Bertz CT molecular complexity index is 612. The molecule has 0 saturated carbocycles. The standard InChI is InChI=1S/C17H21N3S/c18-17(19)16-11-14(13-4-2-1-3-5-13)15(21-16)10-12-6-8-20-9-7-12/h1-5,11-12,20H,6-10H2,(H3,18,19). The highest BCUT2D eigenvalue weighted by atomic mass is 32.1. The number of hydrogen-bond acceptors (Lipinski definition) is 3. The van der Waals surface area contributed by atoms with E-state index in [2.05, 4.69) is 35.6 Å². The van der Waals surface area contributed by atoms with Crippen LogP contribution in [0.3, 0.4) is 0 Å². The van der Waals surface area contributed by atoms with Gasteiger partial charge in [-0.2, -0.15) is 0 Å². The summed E-state index contributed by atoms with van der Waals surface area (Å²) in [6.45, 7) is 2.24. The number of thiophene rings is 1. The number of hydrogen-bond donors (Lipinski definition) is 3. The van der Waals surface area contributed by atoms with Crippen LogP contribution in [0, 0.1) is 11.3 Å². The molecule has 4 heteroatoms. The molecule has 2 aromatic rings. The molecule has 21 heavy (non-hydrogen) atoms. The van der Waals surface area contributed by atoms with E-state index >= 15 is 0 Å². The minimum absolute atomic E-state index is 0.175. The summed E-state index contributed by atoms with van der Waals surface area (Å²) in [7, 11) is 0. The molecule has 110 valence electrons. The monoisotopic (exact) mass is 299 g/mol. The zero-order valence-corrected chi connectivity index (χ0v) is 12.9. The van der Waals surface area contributed by atoms with Gasteiger partial charge in [0.05, 0.1) is 4.88 Å². The summed E-state index contributed by atoms with van der Waals surface area (Å²) in [5, 5.41) is 11.1. The third kappa shape index (κ3) is 3.34. The van der Waals surface area contributed by atoms with Gasteiger partial charge < -0.3 is 11.1 Å². The summed E-state index contributed by atoms with van der Waals surface area (Å²) in [6.07, 6.45) is 3.58. The molecule has 0 atom stereocenters. The molecule has 1 aliphatic rings. The Morgan fingerprint density at radius 3 is 2.62 bits per heavy atom. The number of nitrogen functional groups attached to an aromatic ring is 1. The number of benzene rings is 1. The molecule has 1 fully saturated rings. The molecular weight excluding hydrogens is 278 g/mol. The van der Waals surface area contributed by atoms with Crippen LogP contribution in [0.1, 0.15) is 22.6 Å². The maximum Gasteiger partial charge on any atom is 0.133 e. The second-order valence-corrected chi connectivity index (χ2v) is 6.76. The van der Waals surface area contributed by atoms with Crippen molar-refractivity contribution in [1.29, 1.82) is 5.41 Å². The van der Waals surface area contributed by atoms with E-state index in [1.807, 2.05) is 6.07 Å². The highest BCUT2D eigenvalue weighted by Crippen LogP contribution is 2.34. The second-order valence-electron chi connectivity index (χ2n) is 5.62. The van der Waals surface area contributed by atoms with E-state index in [4.69, 9.17) is 11.1 Å². The molecule has 0 bridgehead atoms. The molecule has 1 aromatic carbocycles. The molecule has 4 N–H and O–H groups in total. The molecule has 1 aliphatic heterocycles. The number of nitrogens with one attached hydrogen (secondary N) is 2. The summed E-state index contributed by atoms with van der Waals surface area (Å²) >= 11 is 1.69. The molecule has 3 rings (SSSR count). The SMILES string of the molecule is N=C(N)c1cc(-c2ccccc2)c(CC2CCNCC2)s1. The van der Waals surface area contributed by atoms with E-state index in [0.717, 1.165) is 30.3 Å². The molecule has 1 aromatic heterocycles. The molecule has 1 saturated heterocycles. The smallest absolute Gasteiger partial charge is 0.133 e. The number of piperidine rings is 1. The van der Waals surface area contributed by atoms with Gasteiger partial charge in [0, 0.05) is 4.88 Å². The molecule has 0 unspecified atom stereocenters. The summed E-state index contributed by atoms with van der Waals surface area (Å²) in [6, 6.07) is 12.5. The Kier molecular flexibility index (Phi) is 4.36. The van der Waals surface area contributed by atoms with E-state index in [9.17, 15) is 0 Å². The van der Waals surface area contributed by atoms with Crippen molar-refractivity contribution in [3.63, 3.8) is 0 Å². The molecule has 3 nitrogen and oxygen atoms in total. The molecule has 0 radical (unpaired) electrons. The van der Waals surface area contributed by atoms with Crippen molar-refractivity contribution in [2.45, 2.75) is 19.3 Å². The van der Waals surface area contributed by atoms with Crippen LogP contribution in [0.5, 0.6) is 0 Å². The lowest BCUT2D eigenvalue weighted by Crippen LogP contribution is -2.28. The minimum Gasteiger partial charge on any atom is -0.383 e. The van der Waals surface area contributed by atoms with E-state index in [-0.39, 0.29) is 5.84 Å². The van der Waals surface area contributed by atoms with Crippen LogP contribution in [0.4, 0.5) is 0 Å². The maximum absolute atomic E-state index is 7.71. The normalized spacial score (nSPS) is 16.0. The first kappa shape index (κ1) is 14.3. The lowest BCUT2D eigenvalue weighted by atomic mass is 9.92. The fourth-order valence-electron chi connectivity index (χ4n) is 2.92. The highest BCUT2D eigenvalue weighted by Gasteiger charge is 2.19. The van der Waals surface area contributed by atoms with Crippen molar-refractivity contribution in [2.75, 3.05) is 13.1 Å². The van der Waals surface area contributed by atoms with Gasteiger partial charge in [-0.05, 0) is 55.5 Å². The predicted octanol–water partition coefficient (Wildman–Crippen LogP) is 3.24. The third-order valence-electron chi connectivity index (χ3n) is 4.09. The number of amidine groups is 1. The summed E-state index contributed by atoms with van der Waals surface area (Å²) < 4.78 is 0. The van der Waals surface area contributed by atoms with Crippen molar-refractivity contribution in [2.24, 2.45) is 11.7 Å². The van der Waals surface area contributed by atoms with Gasteiger partial charge in [0.15, 0.2) is 0 Å². The zero-order chi connectivity index (χ0) is 14.7. The Balaban J connectivity index is 1.91. The van der Waals surface area contributed by atoms with Crippen LogP contribution in [0.25, 0.3) is 11.1 Å². The van der Waals surface area contributed by atoms with Crippen molar-refractivity contribution in [3.05, 3.63) is 46.2 Å². The average Bonchev–Trinajstić information content (AvgIpc) is 2.93. The predicted molar refractivity (Wildman–Crippen MR) is 90.1 cm³/mol. The second kappa shape index (κ2) is 6.41. The Morgan fingerprint density at radius 2 is 1.95 bits per heavy atom. The lowest BCUT2D eigenvalue weighted by molar-refractivity contribution is 0.374. The van der Waals surface area contributed by atoms with Crippen LogP contribution < -0.4 is 11.1 Å². The largest absolute Gasteiger partial charge is 0.383 e. The van der Waals surface area contributed by atoms with E-state index < -0.39 is 0 Å². The van der Waals surface area contributed by atoms with Gasteiger partial charge in [0.25, 0.3) is 0 Å². The fourth-order valence-corrected chi connectivity index (χ4v) is 4.08. The van der Waals surface area contributed by atoms with Crippen molar-refractivity contribution >= 4 is 17.2 Å². The molecule has 0 amide bonds. The van der Waals surface area contributed by atoms with Gasteiger partial charge >= 0.3 is 0 Å². The first-order chi connectivity index (χ1) is 10.2. The van der Waals surface area contributed by atoms with Gasteiger partial charge in [-0.15, -0.1) is 11.3 Å². The molecule has 2 heterocycles. The van der Waals surface area contributed by atoms with E-state index in [1.165, 1.54) is 28.8 Å². The first-order valence-corrected chi connectivity index (χ1v) is 8.29. The number of rotatable bonds is 4. The first-order valence-electron chi connectivity index (χ1n) is 7.47. The Morgan fingerprint density at radius 1 is 1.24 bits per heavy atom. The number of nitrogens with two attached hydrogens (primary N) is 1. The van der Waals surface area contributed by atoms with Crippen LogP contribution >= 0.6 is 11.3 Å². The van der Waals surface area contributed by atoms with Gasteiger partial charge in [-0.3, -0.25) is 5.41 Å². The van der Waals surface area contributed by atoms with Crippen LogP contribution in [0.2, 0.25) is 0 Å². The highest BCUT2D eigenvalue weighted by molar-refractivity contribution is 7.14. The molecule has 0 aliphatic carbocycles. The maximum atomic E-state index is 7.71. The van der Waals surface area contributed by atoms with Gasteiger partial charge in [-0.25, -0.2) is 0 Å². The van der Waals surface area contributed by atoms with Crippen LogP contribution in [0.15, 0.2) is 36.4 Å². The Hall–Kier alpha value is -1.65. The summed E-state index contributed by atoms with van der Waals surface area (Å²) in [5.41, 5.74) is 8.17. The molecule has 0 spiro atoms. The fraction of sp³-hybridized carbons (Fsp3) is 0.353. The summed E-state index contributed by atoms with van der Waals surface area (Å²) in [5.74, 6) is 0.918. The van der Waals surface area contributed by atoms with Crippen LogP contribution in [-0.4, -0.2) is 18.9 Å². The van der Waals surface area contributed by atoms with Crippen molar-refractivity contribution in [1.82, 2.24) is 5.32 Å². The summed E-state index contributed by atoms with van der Waals surface area (Å²) in [4.78, 5) is 2.26. The topological polar surface area (TPSA) is 61.9 Å². The average molecular weight is 299 g/mol. The zero-order valence-electron chi connectivity index (χ0n) is 12.1. The van der Waals surface area contributed by atoms with Crippen LogP contribution in [-0.2, 0) is 6.42 Å². The lowest BCUT2D eigenvalue weighted by Gasteiger charge is -2.22. The van der Waals surface area contributed by atoms with E-state index in [1.54, 1.807) is 11.3 Å².